The van der Waals surface area contributed by atoms with Gasteiger partial charge in [-0.05, 0) is 0 Å². The highest BCUT2D eigenvalue weighted by atomic mass is 35.5. The molecule has 8 heteroatoms. The second kappa shape index (κ2) is 13.7. The van der Waals surface area contributed by atoms with Crippen LogP contribution in [-0.2, 0) is 4.79 Å². The number of thioether (sulfide) groups is 2. The molecule has 0 radical (unpaired) electrons. The summed E-state index contributed by atoms with van der Waals surface area (Å²) in [6, 6.07) is 0. The van der Waals surface area contributed by atoms with Crippen LogP contribution in [0.2, 0.25) is 0 Å². The fraction of sp³-hybridized carbons (Fsp3) is 0.833. The van der Waals surface area contributed by atoms with Gasteiger partial charge in [-0.3, -0.25) is 4.79 Å². The van der Waals surface area contributed by atoms with E-state index in [1.165, 1.54) is 23.5 Å². The van der Waals surface area contributed by atoms with Crippen molar-refractivity contribution in [3.63, 3.8) is 0 Å². The lowest BCUT2D eigenvalue weighted by Crippen LogP contribution is -2.17. The molecule has 14 heavy (non-hydrogen) atoms. The van der Waals surface area contributed by atoms with Crippen molar-refractivity contribution in [2.75, 3.05) is 24.6 Å². The van der Waals surface area contributed by atoms with Crippen LogP contribution >= 0.6 is 48.3 Å². The Hall–Kier alpha value is 0.670. The average Bonchev–Trinajstić information content (AvgIpc) is 2.04. The molecule has 0 heterocycles. The average molecular weight is 283 g/mol. The number of carboxylic acids is 1. The van der Waals surface area contributed by atoms with E-state index in [0.29, 0.717) is 24.6 Å². The fourth-order valence-electron chi connectivity index (χ4n) is 0.541. The zero-order chi connectivity index (χ0) is 9.40. The third-order valence-electron chi connectivity index (χ3n) is 0.976. The van der Waals surface area contributed by atoms with E-state index in [1.54, 1.807) is 0 Å². The molecule has 0 aliphatic heterocycles. The van der Waals surface area contributed by atoms with E-state index in [9.17, 15) is 4.79 Å². The number of carbonyl (C=O) groups is 1. The SMILES string of the molecule is Cl.Cl.NCCSC(SCCN)C(=O)O. The van der Waals surface area contributed by atoms with Crippen molar-refractivity contribution in [2.45, 2.75) is 4.58 Å². The van der Waals surface area contributed by atoms with Gasteiger partial charge in [0.1, 0.15) is 4.58 Å². The van der Waals surface area contributed by atoms with Gasteiger partial charge < -0.3 is 16.6 Å². The topological polar surface area (TPSA) is 89.3 Å². The van der Waals surface area contributed by atoms with Crippen molar-refractivity contribution in [3.8, 4) is 0 Å². The molecule has 0 aromatic rings. The molecule has 0 spiro atoms. The van der Waals surface area contributed by atoms with E-state index in [1.807, 2.05) is 0 Å². The number of carboxylic acid groups (broad SMARTS) is 1. The van der Waals surface area contributed by atoms with Gasteiger partial charge in [0.15, 0.2) is 0 Å². The largest absolute Gasteiger partial charge is 0.480 e. The molecule has 88 valence electrons. The first-order chi connectivity index (χ1) is 5.72. The summed E-state index contributed by atoms with van der Waals surface area (Å²) in [5.41, 5.74) is 10.5. The maximum absolute atomic E-state index is 10.6. The summed E-state index contributed by atoms with van der Waals surface area (Å²) < 4.78 is -0.419. The minimum atomic E-state index is -0.799. The van der Waals surface area contributed by atoms with Crippen LogP contribution in [-0.4, -0.2) is 40.3 Å². The Bertz CT molecular complexity index is 135. The van der Waals surface area contributed by atoms with Gasteiger partial charge >= 0.3 is 5.97 Å². The summed E-state index contributed by atoms with van der Waals surface area (Å²) in [5.74, 6) is 0.551. The molecule has 5 N–H and O–H groups in total. The van der Waals surface area contributed by atoms with Crippen molar-refractivity contribution in [2.24, 2.45) is 11.5 Å². The fourth-order valence-corrected chi connectivity index (χ4v) is 2.49. The molecule has 0 saturated carbocycles. The molecule has 0 fully saturated rings. The molecule has 0 saturated heterocycles. The number of rotatable bonds is 7. The zero-order valence-corrected chi connectivity index (χ0v) is 10.8. The van der Waals surface area contributed by atoms with Gasteiger partial charge in [0.05, 0.1) is 0 Å². The van der Waals surface area contributed by atoms with Crippen molar-refractivity contribution < 1.29 is 9.90 Å². The zero-order valence-electron chi connectivity index (χ0n) is 7.55. The Morgan fingerprint density at radius 1 is 1.14 bits per heavy atom. The van der Waals surface area contributed by atoms with Gasteiger partial charge in [-0.1, -0.05) is 0 Å². The molecule has 0 unspecified atom stereocenters. The first-order valence-electron chi connectivity index (χ1n) is 3.58. The van der Waals surface area contributed by atoms with Crippen molar-refractivity contribution in [1.29, 1.82) is 0 Å². The van der Waals surface area contributed by atoms with Crippen molar-refractivity contribution in [3.05, 3.63) is 0 Å². The molecular weight excluding hydrogens is 267 g/mol. The standard InChI is InChI=1S/C6H14N2O2S2.2ClH/c7-1-3-11-6(5(9)10)12-4-2-8;;/h6H,1-4,7-8H2,(H,9,10);2*1H. The van der Waals surface area contributed by atoms with Crippen LogP contribution in [0.1, 0.15) is 0 Å². The Morgan fingerprint density at radius 2 is 1.50 bits per heavy atom. The first kappa shape index (κ1) is 20.1. The third kappa shape index (κ3) is 10.7. The lowest BCUT2D eigenvalue weighted by molar-refractivity contribution is -0.134. The molecule has 0 aliphatic carbocycles. The smallest absolute Gasteiger partial charge is 0.326 e. The minimum Gasteiger partial charge on any atom is -0.480 e. The highest BCUT2D eigenvalue weighted by molar-refractivity contribution is 8.18. The van der Waals surface area contributed by atoms with Crippen molar-refractivity contribution in [1.82, 2.24) is 0 Å². The summed E-state index contributed by atoms with van der Waals surface area (Å²) in [5, 5.41) is 8.70. The Balaban J connectivity index is -0.000000605. The maximum atomic E-state index is 10.6. The molecule has 4 nitrogen and oxygen atoms in total. The number of halogens is 2. The molecule has 0 aliphatic rings. The number of hydrogen-bond donors (Lipinski definition) is 3. The first-order valence-corrected chi connectivity index (χ1v) is 5.68. The van der Waals surface area contributed by atoms with Crippen LogP contribution in [0, 0.1) is 0 Å². The van der Waals surface area contributed by atoms with Crippen LogP contribution < -0.4 is 11.5 Å². The molecule has 0 amide bonds. The summed E-state index contributed by atoms with van der Waals surface area (Å²) >= 11 is 2.70. The molecule has 0 rings (SSSR count). The molecule has 0 atom stereocenters. The summed E-state index contributed by atoms with van der Waals surface area (Å²) in [6.07, 6.45) is 0. The molecular formula is C6H16Cl2N2O2S2. The number of hydrogen-bond acceptors (Lipinski definition) is 5. The Kier molecular flexibility index (Phi) is 19.7. The third-order valence-corrected chi connectivity index (χ3v) is 3.74. The predicted molar refractivity (Wildman–Crippen MR) is 68.9 cm³/mol. The van der Waals surface area contributed by atoms with Crippen LogP contribution in [0.4, 0.5) is 0 Å². The van der Waals surface area contributed by atoms with E-state index >= 15 is 0 Å². The second-order valence-corrected chi connectivity index (χ2v) is 4.71. The lowest BCUT2D eigenvalue weighted by Gasteiger charge is -2.09. The van der Waals surface area contributed by atoms with Crippen LogP contribution in [0.25, 0.3) is 0 Å². The highest BCUT2D eigenvalue weighted by Crippen LogP contribution is 2.22. The van der Waals surface area contributed by atoms with E-state index in [4.69, 9.17) is 16.6 Å². The van der Waals surface area contributed by atoms with Gasteiger partial charge in [0, 0.05) is 24.6 Å². The highest BCUT2D eigenvalue weighted by Gasteiger charge is 2.16. The van der Waals surface area contributed by atoms with E-state index in [-0.39, 0.29) is 24.8 Å². The van der Waals surface area contributed by atoms with Gasteiger partial charge in [0.2, 0.25) is 0 Å². The predicted octanol–water partition coefficient (Wildman–Crippen LogP) is 0.625. The number of nitrogens with two attached hydrogens (primary N) is 2. The van der Waals surface area contributed by atoms with Crippen molar-refractivity contribution >= 4 is 54.3 Å². The normalized spacial score (nSPS) is 9.07. The Morgan fingerprint density at radius 3 is 1.71 bits per heavy atom. The van der Waals surface area contributed by atoms with Gasteiger partial charge in [-0.25, -0.2) is 0 Å². The second-order valence-electron chi connectivity index (χ2n) is 1.99. The van der Waals surface area contributed by atoms with E-state index in [0.717, 1.165) is 0 Å². The minimum absolute atomic E-state index is 0. The monoisotopic (exact) mass is 282 g/mol. The van der Waals surface area contributed by atoms with Gasteiger partial charge in [0.25, 0.3) is 0 Å². The van der Waals surface area contributed by atoms with Crippen LogP contribution in [0.3, 0.4) is 0 Å². The Labute approximate surface area is 105 Å². The summed E-state index contributed by atoms with van der Waals surface area (Å²) in [6.45, 7) is 1.02. The molecule has 0 aromatic heterocycles. The molecule has 0 aromatic carbocycles. The quantitative estimate of drug-likeness (QED) is 0.594. The van der Waals surface area contributed by atoms with Gasteiger partial charge in [-0.15, -0.1) is 48.3 Å². The lowest BCUT2D eigenvalue weighted by atomic mass is 10.8. The summed E-state index contributed by atoms with van der Waals surface area (Å²) in [4.78, 5) is 10.6. The van der Waals surface area contributed by atoms with E-state index < -0.39 is 10.6 Å². The van der Waals surface area contributed by atoms with E-state index in [2.05, 4.69) is 0 Å². The summed E-state index contributed by atoms with van der Waals surface area (Å²) in [7, 11) is 0. The van der Waals surface area contributed by atoms with Crippen LogP contribution in [0.15, 0.2) is 0 Å². The van der Waals surface area contributed by atoms with Gasteiger partial charge in [-0.2, -0.15) is 0 Å². The number of aliphatic carboxylic acids is 1. The molecule has 0 bridgehead atoms. The maximum Gasteiger partial charge on any atom is 0.326 e. The van der Waals surface area contributed by atoms with Crippen LogP contribution in [0.5, 0.6) is 0 Å².